The lowest BCUT2D eigenvalue weighted by Gasteiger charge is -2.20. The van der Waals surface area contributed by atoms with Crippen LogP contribution in [0.1, 0.15) is 37.5 Å². The summed E-state index contributed by atoms with van der Waals surface area (Å²) in [5, 5.41) is 3.07. The van der Waals surface area contributed by atoms with Gasteiger partial charge >= 0.3 is 0 Å². The zero-order valence-corrected chi connectivity index (χ0v) is 11.8. The van der Waals surface area contributed by atoms with E-state index in [4.69, 9.17) is 4.74 Å². The van der Waals surface area contributed by atoms with Gasteiger partial charge in [-0.3, -0.25) is 0 Å². The Balaban J connectivity index is 2.64. The average molecular weight is 235 g/mol. The molecule has 0 heterocycles. The number of aryl methyl sites for hydroxylation is 1. The van der Waals surface area contributed by atoms with E-state index in [1.807, 2.05) is 7.05 Å². The summed E-state index contributed by atoms with van der Waals surface area (Å²) in [6.45, 7) is 11.3. The number of rotatable bonds is 5. The fraction of sp³-hybridized carbons (Fsp3) is 0.600. The second-order valence-corrected chi connectivity index (χ2v) is 5.55. The van der Waals surface area contributed by atoms with Crippen LogP contribution in [0.4, 0.5) is 0 Å². The van der Waals surface area contributed by atoms with Crippen LogP contribution in [0, 0.1) is 6.92 Å². The van der Waals surface area contributed by atoms with Crippen LogP contribution in [-0.2, 0) is 16.8 Å². The molecular weight excluding hydrogens is 210 g/mol. The first kappa shape index (κ1) is 14.2. The molecule has 0 aromatic heterocycles. The second kappa shape index (κ2) is 6.18. The molecule has 0 atom stereocenters. The molecule has 0 bridgehead atoms. The largest absolute Gasteiger partial charge is 0.375 e. The minimum absolute atomic E-state index is 0.219. The molecule has 0 saturated carbocycles. The highest BCUT2D eigenvalue weighted by atomic mass is 16.5. The molecule has 0 saturated heterocycles. The molecule has 17 heavy (non-hydrogen) atoms. The van der Waals surface area contributed by atoms with Crippen LogP contribution >= 0.6 is 0 Å². The van der Waals surface area contributed by atoms with E-state index in [0.29, 0.717) is 6.61 Å². The van der Waals surface area contributed by atoms with Gasteiger partial charge in [0.15, 0.2) is 0 Å². The molecule has 0 fully saturated rings. The Morgan fingerprint density at radius 3 is 2.47 bits per heavy atom. The molecule has 2 heteroatoms. The van der Waals surface area contributed by atoms with E-state index in [-0.39, 0.29) is 5.41 Å². The molecule has 0 spiro atoms. The van der Waals surface area contributed by atoms with Crippen molar-refractivity contribution in [2.24, 2.45) is 0 Å². The van der Waals surface area contributed by atoms with Gasteiger partial charge in [0.1, 0.15) is 0 Å². The maximum atomic E-state index is 5.60. The van der Waals surface area contributed by atoms with E-state index >= 15 is 0 Å². The van der Waals surface area contributed by atoms with E-state index in [0.717, 1.165) is 13.2 Å². The third kappa shape index (κ3) is 4.49. The Bertz CT molecular complexity index is 352. The number of nitrogens with one attached hydrogen (secondary N) is 1. The molecular formula is C15H25NO. The molecule has 0 aliphatic carbocycles. The van der Waals surface area contributed by atoms with Gasteiger partial charge in [-0.15, -0.1) is 0 Å². The van der Waals surface area contributed by atoms with Gasteiger partial charge in [-0.1, -0.05) is 39.0 Å². The van der Waals surface area contributed by atoms with Gasteiger partial charge in [0, 0.05) is 6.54 Å². The summed E-state index contributed by atoms with van der Waals surface area (Å²) in [4.78, 5) is 0. The van der Waals surface area contributed by atoms with Crippen molar-refractivity contribution in [1.29, 1.82) is 0 Å². The highest BCUT2D eigenvalue weighted by Crippen LogP contribution is 2.24. The SMILES string of the molecule is CNCCOCc1ccc(C(C)(C)C)cc1C. The van der Waals surface area contributed by atoms with Crippen molar-refractivity contribution < 1.29 is 4.74 Å². The zero-order valence-electron chi connectivity index (χ0n) is 11.8. The van der Waals surface area contributed by atoms with Gasteiger partial charge < -0.3 is 10.1 Å². The van der Waals surface area contributed by atoms with E-state index in [1.54, 1.807) is 0 Å². The fourth-order valence-corrected chi connectivity index (χ4v) is 1.68. The first-order chi connectivity index (χ1) is 7.95. The predicted molar refractivity (Wildman–Crippen MR) is 73.5 cm³/mol. The maximum absolute atomic E-state index is 5.60. The van der Waals surface area contributed by atoms with Crippen molar-refractivity contribution >= 4 is 0 Å². The van der Waals surface area contributed by atoms with Crippen LogP contribution in [-0.4, -0.2) is 20.2 Å². The van der Waals surface area contributed by atoms with Crippen molar-refractivity contribution in [3.63, 3.8) is 0 Å². The molecule has 1 aromatic carbocycles. The number of hydrogen-bond acceptors (Lipinski definition) is 2. The first-order valence-electron chi connectivity index (χ1n) is 6.27. The van der Waals surface area contributed by atoms with E-state index in [1.165, 1.54) is 16.7 Å². The molecule has 96 valence electrons. The number of benzene rings is 1. The van der Waals surface area contributed by atoms with Crippen LogP contribution in [0.25, 0.3) is 0 Å². The van der Waals surface area contributed by atoms with Gasteiger partial charge in [-0.25, -0.2) is 0 Å². The highest BCUT2D eigenvalue weighted by molar-refractivity contribution is 5.34. The summed E-state index contributed by atoms with van der Waals surface area (Å²) in [6, 6.07) is 6.68. The van der Waals surface area contributed by atoms with Gasteiger partial charge in [0.25, 0.3) is 0 Å². The van der Waals surface area contributed by atoms with Crippen LogP contribution < -0.4 is 5.32 Å². The molecule has 1 N–H and O–H groups in total. The van der Waals surface area contributed by atoms with Gasteiger partial charge in [0.2, 0.25) is 0 Å². The maximum Gasteiger partial charge on any atom is 0.0720 e. The lowest BCUT2D eigenvalue weighted by atomic mass is 9.85. The monoisotopic (exact) mass is 235 g/mol. The van der Waals surface area contributed by atoms with Crippen molar-refractivity contribution in [2.45, 2.75) is 39.7 Å². The second-order valence-electron chi connectivity index (χ2n) is 5.55. The summed E-state index contributed by atoms with van der Waals surface area (Å²) >= 11 is 0. The smallest absolute Gasteiger partial charge is 0.0720 e. The standard InChI is InChI=1S/C15H25NO/c1-12-10-14(15(2,3)4)7-6-13(12)11-17-9-8-16-5/h6-7,10,16H,8-9,11H2,1-5H3. The van der Waals surface area contributed by atoms with Crippen LogP contribution in [0.15, 0.2) is 18.2 Å². The molecule has 0 radical (unpaired) electrons. The lowest BCUT2D eigenvalue weighted by Crippen LogP contribution is -2.14. The Morgan fingerprint density at radius 2 is 1.94 bits per heavy atom. The van der Waals surface area contributed by atoms with Crippen molar-refractivity contribution in [3.8, 4) is 0 Å². The van der Waals surface area contributed by atoms with Crippen molar-refractivity contribution in [3.05, 3.63) is 34.9 Å². The van der Waals surface area contributed by atoms with Gasteiger partial charge in [0.05, 0.1) is 13.2 Å². The predicted octanol–water partition coefficient (Wildman–Crippen LogP) is 3.03. The highest BCUT2D eigenvalue weighted by Gasteiger charge is 2.14. The number of ether oxygens (including phenoxy) is 1. The Kier molecular flexibility index (Phi) is 5.16. The number of likely N-dealkylation sites (N-methyl/N-ethyl adjacent to an activating group) is 1. The topological polar surface area (TPSA) is 21.3 Å². The molecule has 0 amide bonds. The Hall–Kier alpha value is -0.860. The number of hydrogen-bond donors (Lipinski definition) is 1. The molecule has 1 rings (SSSR count). The minimum Gasteiger partial charge on any atom is -0.375 e. The Morgan fingerprint density at radius 1 is 1.24 bits per heavy atom. The average Bonchev–Trinajstić information content (AvgIpc) is 2.24. The quantitative estimate of drug-likeness (QED) is 0.792. The molecule has 1 aromatic rings. The molecule has 0 aliphatic rings. The lowest BCUT2D eigenvalue weighted by molar-refractivity contribution is 0.123. The van der Waals surface area contributed by atoms with Gasteiger partial charge in [-0.2, -0.15) is 0 Å². The van der Waals surface area contributed by atoms with Crippen LogP contribution in [0.2, 0.25) is 0 Å². The van der Waals surface area contributed by atoms with Crippen LogP contribution in [0.3, 0.4) is 0 Å². The first-order valence-corrected chi connectivity index (χ1v) is 6.27. The van der Waals surface area contributed by atoms with E-state index < -0.39 is 0 Å². The summed E-state index contributed by atoms with van der Waals surface area (Å²) in [7, 11) is 1.94. The summed E-state index contributed by atoms with van der Waals surface area (Å²) in [6.07, 6.45) is 0. The van der Waals surface area contributed by atoms with Crippen LogP contribution in [0.5, 0.6) is 0 Å². The third-order valence-electron chi connectivity index (χ3n) is 2.96. The summed E-state index contributed by atoms with van der Waals surface area (Å²) in [5.74, 6) is 0. The summed E-state index contributed by atoms with van der Waals surface area (Å²) in [5.41, 5.74) is 4.21. The fourth-order valence-electron chi connectivity index (χ4n) is 1.68. The molecule has 2 nitrogen and oxygen atoms in total. The zero-order chi connectivity index (χ0) is 12.9. The minimum atomic E-state index is 0.219. The van der Waals surface area contributed by atoms with E-state index in [2.05, 4.69) is 51.2 Å². The van der Waals surface area contributed by atoms with Gasteiger partial charge in [-0.05, 0) is 36.1 Å². The van der Waals surface area contributed by atoms with Crippen molar-refractivity contribution in [2.75, 3.05) is 20.2 Å². The molecule has 0 unspecified atom stereocenters. The molecule has 0 aliphatic heterocycles. The Labute approximate surface area is 105 Å². The normalized spacial score (nSPS) is 11.8. The third-order valence-corrected chi connectivity index (χ3v) is 2.96. The summed E-state index contributed by atoms with van der Waals surface area (Å²) < 4.78 is 5.60. The van der Waals surface area contributed by atoms with Crippen molar-refractivity contribution in [1.82, 2.24) is 5.32 Å². The van der Waals surface area contributed by atoms with E-state index in [9.17, 15) is 0 Å².